The molecular formula is C10H8F2N4OS. The minimum absolute atomic E-state index is 0.00332. The van der Waals surface area contributed by atoms with E-state index in [9.17, 15) is 8.78 Å². The zero-order valence-corrected chi connectivity index (χ0v) is 9.75. The van der Waals surface area contributed by atoms with Crippen molar-refractivity contribution in [3.8, 4) is 0 Å². The van der Waals surface area contributed by atoms with E-state index in [2.05, 4.69) is 19.9 Å². The van der Waals surface area contributed by atoms with Crippen LogP contribution < -0.4 is 5.73 Å². The fourth-order valence-electron chi connectivity index (χ4n) is 1.28. The van der Waals surface area contributed by atoms with E-state index in [0.29, 0.717) is 5.69 Å². The molecule has 8 heteroatoms. The van der Waals surface area contributed by atoms with Gasteiger partial charge in [0.15, 0.2) is 16.2 Å². The molecule has 5 nitrogen and oxygen atoms in total. The molecule has 0 spiro atoms. The van der Waals surface area contributed by atoms with Crippen molar-refractivity contribution >= 4 is 23.7 Å². The van der Waals surface area contributed by atoms with Crippen LogP contribution in [-0.2, 0) is 0 Å². The summed E-state index contributed by atoms with van der Waals surface area (Å²) in [5.74, 6) is -0.00332. The molecule has 0 fully saturated rings. The summed E-state index contributed by atoms with van der Waals surface area (Å²) >= 11 is 4.85. The SMILES string of the molecule is NC(=Nc1cccc(C(F)F)c1)c1no[nH]c1=S. The first-order valence-corrected chi connectivity index (χ1v) is 5.26. The highest BCUT2D eigenvalue weighted by atomic mass is 32.1. The molecular weight excluding hydrogens is 262 g/mol. The van der Waals surface area contributed by atoms with E-state index in [1.54, 1.807) is 6.07 Å². The molecule has 18 heavy (non-hydrogen) atoms. The predicted octanol–water partition coefficient (Wildman–Crippen LogP) is 2.71. The molecule has 0 amide bonds. The van der Waals surface area contributed by atoms with Crippen molar-refractivity contribution in [2.75, 3.05) is 0 Å². The third-order valence-corrected chi connectivity index (χ3v) is 2.38. The third kappa shape index (κ3) is 2.59. The predicted molar refractivity (Wildman–Crippen MR) is 63.5 cm³/mol. The second-order valence-corrected chi connectivity index (χ2v) is 3.76. The number of alkyl halides is 2. The monoisotopic (exact) mass is 270 g/mol. The average molecular weight is 270 g/mol. The molecule has 0 aliphatic carbocycles. The summed E-state index contributed by atoms with van der Waals surface area (Å²) in [6.45, 7) is 0. The summed E-state index contributed by atoms with van der Waals surface area (Å²) in [7, 11) is 0. The molecule has 1 aromatic heterocycles. The van der Waals surface area contributed by atoms with Crippen LogP contribution in [0.5, 0.6) is 0 Å². The van der Waals surface area contributed by atoms with Gasteiger partial charge in [0.2, 0.25) is 0 Å². The van der Waals surface area contributed by atoms with E-state index in [4.69, 9.17) is 18.0 Å². The highest BCUT2D eigenvalue weighted by Crippen LogP contribution is 2.23. The van der Waals surface area contributed by atoms with Gasteiger partial charge in [-0.25, -0.2) is 13.8 Å². The van der Waals surface area contributed by atoms with Gasteiger partial charge in [0.25, 0.3) is 6.43 Å². The second kappa shape index (κ2) is 5.05. The van der Waals surface area contributed by atoms with Crippen molar-refractivity contribution in [3.63, 3.8) is 0 Å². The number of hydrogen-bond acceptors (Lipinski definition) is 4. The Bertz CT molecular complexity index is 635. The van der Waals surface area contributed by atoms with Gasteiger partial charge in [0.05, 0.1) is 5.69 Å². The van der Waals surface area contributed by atoms with Gasteiger partial charge in [-0.15, -0.1) is 0 Å². The summed E-state index contributed by atoms with van der Waals surface area (Å²) in [6, 6.07) is 5.56. The molecule has 94 valence electrons. The minimum Gasteiger partial charge on any atom is -0.382 e. The Labute approximate surface area is 105 Å². The molecule has 2 rings (SSSR count). The number of hydrogen-bond donors (Lipinski definition) is 2. The maximum Gasteiger partial charge on any atom is 0.263 e. The van der Waals surface area contributed by atoms with Gasteiger partial charge in [0.1, 0.15) is 0 Å². The number of nitrogens with one attached hydrogen (secondary N) is 1. The summed E-state index contributed by atoms with van der Waals surface area (Å²) < 4.78 is 29.7. The molecule has 2 aromatic rings. The maximum absolute atomic E-state index is 12.5. The van der Waals surface area contributed by atoms with Crippen molar-refractivity contribution < 1.29 is 13.4 Å². The normalized spacial score (nSPS) is 12.1. The van der Waals surface area contributed by atoms with Crippen molar-refractivity contribution in [2.45, 2.75) is 6.43 Å². The van der Waals surface area contributed by atoms with Crippen LogP contribution >= 0.6 is 12.2 Å². The number of halogens is 2. The largest absolute Gasteiger partial charge is 0.382 e. The number of nitrogens with two attached hydrogens (primary N) is 1. The summed E-state index contributed by atoms with van der Waals surface area (Å²) in [6.07, 6.45) is -2.56. The Morgan fingerprint density at radius 3 is 2.89 bits per heavy atom. The Balaban J connectivity index is 2.36. The molecule has 1 heterocycles. The van der Waals surface area contributed by atoms with E-state index < -0.39 is 6.43 Å². The standard InChI is InChI=1S/C10H8F2N4OS/c11-8(12)5-2-1-3-6(4-5)14-9(13)7-10(18)16-17-15-7/h1-4,8H,(H2,13,14)(H,16,18). The maximum atomic E-state index is 12.5. The van der Waals surface area contributed by atoms with E-state index >= 15 is 0 Å². The van der Waals surface area contributed by atoms with Crippen molar-refractivity contribution in [1.82, 2.24) is 10.3 Å². The number of aliphatic imine (C=N–C) groups is 1. The smallest absolute Gasteiger partial charge is 0.263 e. The van der Waals surface area contributed by atoms with Crippen LogP contribution in [0.4, 0.5) is 14.5 Å². The lowest BCUT2D eigenvalue weighted by atomic mass is 10.2. The van der Waals surface area contributed by atoms with Crippen LogP contribution in [0.15, 0.2) is 33.9 Å². The van der Waals surface area contributed by atoms with Crippen LogP contribution in [0.25, 0.3) is 0 Å². The lowest BCUT2D eigenvalue weighted by Gasteiger charge is -2.01. The van der Waals surface area contributed by atoms with Crippen LogP contribution in [0.3, 0.4) is 0 Å². The number of amidine groups is 1. The first kappa shape index (κ1) is 12.4. The number of H-pyrrole nitrogens is 1. The molecule has 0 aliphatic rings. The van der Waals surface area contributed by atoms with Gasteiger partial charge in [-0.1, -0.05) is 24.4 Å². The van der Waals surface area contributed by atoms with Gasteiger partial charge in [-0.05, 0) is 17.3 Å². The van der Waals surface area contributed by atoms with Gasteiger partial charge >= 0.3 is 0 Å². The molecule has 0 atom stereocenters. The van der Waals surface area contributed by atoms with E-state index in [0.717, 1.165) is 0 Å². The molecule has 0 saturated heterocycles. The summed E-state index contributed by atoms with van der Waals surface area (Å²) in [5.41, 5.74) is 5.99. The quantitative estimate of drug-likeness (QED) is 0.510. The Morgan fingerprint density at radius 2 is 2.28 bits per heavy atom. The molecule has 1 aromatic carbocycles. The molecule has 3 N–H and O–H groups in total. The fraction of sp³-hybridized carbons (Fsp3) is 0.100. The van der Waals surface area contributed by atoms with Gasteiger partial charge < -0.3 is 5.73 Å². The van der Waals surface area contributed by atoms with Crippen LogP contribution in [0.1, 0.15) is 17.7 Å². The fourth-order valence-corrected chi connectivity index (χ4v) is 1.46. The Hall–Kier alpha value is -2.09. The lowest BCUT2D eigenvalue weighted by Crippen LogP contribution is -2.13. The molecule has 0 unspecified atom stereocenters. The Morgan fingerprint density at radius 1 is 1.50 bits per heavy atom. The number of rotatable bonds is 3. The Kier molecular flexibility index (Phi) is 3.47. The topological polar surface area (TPSA) is 80.2 Å². The molecule has 0 aliphatic heterocycles. The van der Waals surface area contributed by atoms with Crippen molar-refractivity contribution in [1.29, 1.82) is 0 Å². The summed E-state index contributed by atoms with van der Waals surface area (Å²) in [5, 5.41) is 5.84. The van der Waals surface area contributed by atoms with Gasteiger partial charge in [-0.3, -0.25) is 4.63 Å². The lowest BCUT2D eigenvalue weighted by molar-refractivity contribution is 0.151. The molecule has 0 radical (unpaired) electrons. The number of aromatic nitrogens is 2. The van der Waals surface area contributed by atoms with Crippen LogP contribution in [0.2, 0.25) is 0 Å². The number of aromatic amines is 1. The zero-order valence-electron chi connectivity index (χ0n) is 8.93. The highest BCUT2D eigenvalue weighted by Gasteiger charge is 2.09. The molecule has 0 saturated carbocycles. The van der Waals surface area contributed by atoms with E-state index in [1.807, 2.05) is 0 Å². The van der Waals surface area contributed by atoms with Crippen LogP contribution in [0, 0.1) is 4.64 Å². The van der Waals surface area contributed by atoms with E-state index in [1.165, 1.54) is 18.2 Å². The van der Waals surface area contributed by atoms with Crippen molar-refractivity contribution in [3.05, 3.63) is 40.2 Å². The average Bonchev–Trinajstić information content (AvgIpc) is 2.76. The summed E-state index contributed by atoms with van der Waals surface area (Å²) in [4.78, 5) is 3.96. The number of benzene rings is 1. The van der Waals surface area contributed by atoms with Crippen molar-refractivity contribution in [2.24, 2.45) is 10.7 Å². The second-order valence-electron chi connectivity index (χ2n) is 3.36. The number of nitrogens with zero attached hydrogens (tertiary/aromatic N) is 2. The highest BCUT2D eigenvalue weighted by molar-refractivity contribution is 7.71. The van der Waals surface area contributed by atoms with Gasteiger partial charge in [-0.2, -0.15) is 5.16 Å². The minimum atomic E-state index is -2.56. The molecule has 0 bridgehead atoms. The van der Waals surface area contributed by atoms with Crippen LogP contribution in [-0.4, -0.2) is 16.1 Å². The van der Waals surface area contributed by atoms with Gasteiger partial charge in [0, 0.05) is 5.56 Å². The first-order valence-electron chi connectivity index (χ1n) is 4.85. The third-order valence-electron chi connectivity index (χ3n) is 2.10. The zero-order chi connectivity index (χ0) is 13.1. The first-order chi connectivity index (χ1) is 8.58. The van der Waals surface area contributed by atoms with E-state index in [-0.39, 0.29) is 21.7 Å².